The van der Waals surface area contributed by atoms with E-state index in [9.17, 15) is 5.11 Å². The van der Waals surface area contributed by atoms with Gasteiger partial charge in [0, 0.05) is 49.6 Å². The smallest absolute Gasteiger partial charge is 0.178 e. The van der Waals surface area contributed by atoms with Gasteiger partial charge in [-0.2, -0.15) is 0 Å². The maximum atomic E-state index is 11.4. The molecular formula is C50H47N3O6. The Kier molecular flexibility index (Phi) is 8.87. The van der Waals surface area contributed by atoms with E-state index in [1.165, 1.54) is 22.3 Å². The number of hydrogen-bond donors (Lipinski definition) is 1. The number of rotatable bonds is 9. The van der Waals surface area contributed by atoms with Crippen LogP contribution < -0.4 is 23.7 Å². The van der Waals surface area contributed by atoms with Crippen molar-refractivity contribution in [2.24, 2.45) is 15.9 Å². The van der Waals surface area contributed by atoms with Crippen LogP contribution in [0.25, 0.3) is 49.5 Å². The largest absolute Gasteiger partial charge is 0.507 e. The van der Waals surface area contributed by atoms with Crippen molar-refractivity contribution in [1.29, 1.82) is 0 Å². The first-order valence-electron chi connectivity index (χ1n) is 19.9. The molecule has 1 N–H and O–H groups in total. The summed E-state index contributed by atoms with van der Waals surface area (Å²) in [6.45, 7) is 9.52. The van der Waals surface area contributed by atoms with Gasteiger partial charge in [-0.15, -0.1) is 0 Å². The molecule has 2 aliphatic carbocycles. The number of ether oxygens (including phenoxy) is 5. The Hall–Kier alpha value is -6.57. The molecule has 1 aliphatic heterocycles. The fourth-order valence-electron chi connectivity index (χ4n) is 10.1. The summed E-state index contributed by atoms with van der Waals surface area (Å²) in [7, 11) is 4.92. The molecule has 0 amide bonds. The molecule has 1 unspecified atom stereocenters. The number of fused-ring (bicyclic) bond motifs is 10. The second-order valence-electron chi connectivity index (χ2n) is 17.2. The first kappa shape index (κ1) is 38.0. The number of azide groups is 1. The van der Waals surface area contributed by atoms with E-state index in [0.29, 0.717) is 22.8 Å². The second-order valence-corrected chi connectivity index (χ2v) is 17.2. The van der Waals surface area contributed by atoms with Gasteiger partial charge in [-0.25, -0.2) is 0 Å². The molecule has 0 saturated heterocycles. The zero-order valence-electron chi connectivity index (χ0n) is 34.4. The summed E-state index contributed by atoms with van der Waals surface area (Å²) in [5.41, 5.74) is 16.7. The van der Waals surface area contributed by atoms with Crippen LogP contribution in [0.1, 0.15) is 68.4 Å². The van der Waals surface area contributed by atoms with Crippen LogP contribution in [-0.4, -0.2) is 33.2 Å². The third kappa shape index (κ3) is 5.70. The van der Waals surface area contributed by atoms with Crippen molar-refractivity contribution < 1.29 is 28.8 Å². The summed E-state index contributed by atoms with van der Waals surface area (Å²) in [4.78, 5) is 2.81. The van der Waals surface area contributed by atoms with Crippen molar-refractivity contribution in [3.8, 4) is 56.8 Å². The quantitative estimate of drug-likeness (QED) is 0.0886. The highest BCUT2D eigenvalue weighted by Crippen LogP contribution is 2.70. The van der Waals surface area contributed by atoms with Crippen LogP contribution in [0.5, 0.6) is 34.5 Å². The monoisotopic (exact) mass is 785 g/mol. The normalized spacial score (nSPS) is 18.6. The van der Waals surface area contributed by atoms with Gasteiger partial charge >= 0.3 is 0 Å². The maximum Gasteiger partial charge on any atom is 0.178 e. The van der Waals surface area contributed by atoms with E-state index in [2.05, 4.69) is 86.3 Å². The summed E-state index contributed by atoms with van der Waals surface area (Å²) in [5.74, 6) is 3.31. The van der Waals surface area contributed by atoms with E-state index in [1.807, 2.05) is 60.7 Å². The topological polar surface area (TPSA) is 115 Å². The summed E-state index contributed by atoms with van der Waals surface area (Å²) < 4.78 is 30.7. The average Bonchev–Trinajstić information content (AvgIpc) is 3.63. The molecule has 298 valence electrons. The fourth-order valence-corrected chi connectivity index (χ4v) is 10.1. The summed E-state index contributed by atoms with van der Waals surface area (Å²) in [5, 5.41) is 16.9. The number of nitrogens with zero attached hydrogens (tertiary/aromatic N) is 3. The minimum Gasteiger partial charge on any atom is -0.507 e. The lowest BCUT2D eigenvalue weighted by Crippen LogP contribution is -2.35. The highest BCUT2D eigenvalue weighted by Gasteiger charge is 2.60. The predicted octanol–water partition coefficient (Wildman–Crippen LogP) is 12.3. The van der Waals surface area contributed by atoms with E-state index in [1.54, 1.807) is 27.4 Å². The Balaban J connectivity index is 1.37. The first-order chi connectivity index (χ1) is 28.4. The number of hydrogen-bond acceptors (Lipinski definition) is 7. The molecule has 9 heteroatoms. The number of phenolic OH excluding ortho intramolecular Hbond substituents is 1. The van der Waals surface area contributed by atoms with Gasteiger partial charge in [-0.1, -0.05) is 87.4 Å². The molecule has 9 rings (SSSR count). The van der Waals surface area contributed by atoms with Crippen LogP contribution in [0.3, 0.4) is 0 Å². The molecule has 0 aromatic heterocycles. The van der Waals surface area contributed by atoms with Gasteiger partial charge < -0.3 is 28.8 Å². The highest BCUT2D eigenvalue weighted by molar-refractivity contribution is 6.11. The van der Waals surface area contributed by atoms with Gasteiger partial charge in [-0.05, 0) is 111 Å². The molecular weight excluding hydrogens is 739 g/mol. The van der Waals surface area contributed by atoms with E-state index in [-0.39, 0.29) is 28.7 Å². The fraction of sp³-hybridized carbons (Fsp3) is 0.280. The number of phenols is 1. The number of benzene rings is 6. The SMILES string of the molecule is COc1ccc(C2(c3ccc(OCN=[N+]=[N-])cc3)C=Cc3c4c(c5cc(OC)c(-c6ccc(OC)cc6O)cc5c3O2)-c2ccccc2C42CC(C)(C)C(C)(C)C2)cc1. The van der Waals surface area contributed by atoms with Crippen LogP contribution in [0.15, 0.2) is 114 Å². The molecule has 0 radical (unpaired) electrons. The van der Waals surface area contributed by atoms with Crippen molar-refractivity contribution in [2.75, 3.05) is 28.1 Å². The molecule has 1 saturated carbocycles. The van der Waals surface area contributed by atoms with Crippen LogP contribution in [0, 0.1) is 10.8 Å². The standard InChI is InChI=1S/C50H47N3O6/c1-47(2)27-49(28-48(47,3)4)41-11-9-8-10-36(41)44-39-26-43(57-7)38(35-21-20-34(56-6)24-42(35)54)25-40(39)46-37(45(44)49)22-23-50(59-46,30-12-16-32(55-5)17-13-30)31-14-18-33(19-15-31)58-29-52-53-51/h8-26,54H,27-29H2,1-7H3. The minimum atomic E-state index is -1.08. The van der Waals surface area contributed by atoms with Crippen molar-refractivity contribution in [3.05, 3.63) is 147 Å². The third-order valence-corrected chi connectivity index (χ3v) is 13.5. The molecule has 0 bridgehead atoms. The Labute approximate surface area is 344 Å². The Morgan fingerprint density at radius 1 is 0.712 bits per heavy atom. The predicted molar refractivity (Wildman–Crippen MR) is 232 cm³/mol. The third-order valence-electron chi connectivity index (χ3n) is 13.5. The van der Waals surface area contributed by atoms with E-state index in [0.717, 1.165) is 57.4 Å². The van der Waals surface area contributed by atoms with E-state index >= 15 is 0 Å². The van der Waals surface area contributed by atoms with Crippen molar-refractivity contribution >= 4 is 16.8 Å². The summed E-state index contributed by atoms with van der Waals surface area (Å²) >= 11 is 0. The van der Waals surface area contributed by atoms with Gasteiger partial charge in [0.25, 0.3) is 0 Å². The average molecular weight is 786 g/mol. The Morgan fingerprint density at radius 3 is 1.98 bits per heavy atom. The maximum absolute atomic E-state index is 11.4. The summed E-state index contributed by atoms with van der Waals surface area (Å²) in [6.07, 6.45) is 6.40. The molecule has 1 fully saturated rings. The number of methoxy groups -OCH3 is 3. The lowest BCUT2D eigenvalue weighted by Gasteiger charge is -2.39. The van der Waals surface area contributed by atoms with E-state index in [4.69, 9.17) is 29.2 Å². The van der Waals surface area contributed by atoms with Crippen LogP contribution in [0.4, 0.5) is 0 Å². The van der Waals surface area contributed by atoms with Crippen molar-refractivity contribution in [3.63, 3.8) is 0 Å². The molecule has 1 spiro atoms. The summed E-state index contributed by atoms with van der Waals surface area (Å²) in [6, 6.07) is 34.2. The molecule has 1 heterocycles. The van der Waals surface area contributed by atoms with Crippen molar-refractivity contribution in [2.45, 2.75) is 51.6 Å². The molecule has 59 heavy (non-hydrogen) atoms. The first-order valence-corrected chi connectivity index (χ1v) is 19.9. The molecule has 9 nitrogen and oxygen atoms in total. The molecule has 6 aromatic carbocycles. The zero-order chi connectivity index (χ0) is 41.3. The second kappa shape index (κ2) is 13.8. The Morgan fingerprint density at radius 2 is 1.36 bits per heavy atom. The lowest BCUT2D eigenvalue weighted by molar-refractivity contribution is 0.157. The zero-order valence-corrected chi connectivity index (χ0v) is 34.4. The van der Waals surface area contributed by atoms with E-state index < -0.39 is 5.60 Å². The van der Waals surface area contributed by atoms with Crippen LogP contribution in [0.2, 0.25) is 0 Å². The van der Waals surface area contributed by atoms with Gasteiger partial charge in [-0.3, -0.25) is 0 Å². The van der Waals surface area contributed by atoms with Gasteiger partial charge in [0.1, 0.15) is 34.5 Å². The van der Waals surface area contributed by atoms with Gasteiger partial charge in [0.05, 0.1) is 21.3 Å². The molecule has 6 aromatic rings. The Bertz CT molecular complexity index is 2710. The molecule has 3 aliphatic rings. The van der Waals surface area contributed by atoms with Crippen LogP contribution >= 0.6 is 0 Å². The van der Waals surface area contributed by atoms with Crippen molar-refractivity contribution in [1.82, 2.24) is 0 Å². The van der Waals surface area contributed by atoms with Gasteiger partial charge in [0.15, 0.2) is 12.3 Å². The number of aromatic hydroxyl groups is 1. The minimum absolute atomic E-state index is 0.0332. The highest BCUT2D eigenvalue weighted by atomic mass is 16.5. The molecule has 1 atom stereocenters. The van der Waals surface area contributed by atoms with Gasteiger partial charge in [0.2, 0.25) is 0 Å². The lowest BCUT2D eigenvalue weighted by atomic mass is 9.71. The van der Waals surface area contributed by atoms with Crippen LogP contribution in [-0.2, 0) is 11.0 Å².